The standard InChI is InChI=1S/C11H17N3O4/c1-7(2)14-5-4-12-9(10(14)15)13-6-8(18-3)11(16)17/h4-5,7-8H,6H2,1-3H3,(H,12,13)(H,16,17). The van der Waals surface area contributed by atoms with E-state index in [2.05, 4.69) is 10.3 Å². The fourth-order valence-electron chi connectivity index (χ4n) is 1.41. The number of rotatable bonds is 6. The molecule has 0 aliphatic rings. The zero-order valence-electron chi connectivity index (χ0n) is 10.6. The normalized spacial score (nSPS) is 12.4. The van der Waals surface area contributed by atoms with Crippen molar-refractivity contribution < 1.29 is 14.6 Å². The Morgan fingerprint density at radius 2 is 2.28 bits per heavy atom. The van der Waals surface area contributed by atoms with E-state index in [9.17, 15) is 9.59 Å². The molecule has 2 N–H and O–H groups in total. The van der Waals surface area contributed by atoms with Gasteiger partial charge in [0.05, 0.1) is 6.54 Å². The van der Waals surface area contributed by atoms with Crippen LogP contribution < -0.4 is 10.9 Å². The van der Waals surface area contributed by atoms with Crippen molar-refractivity contribution in [2.24, 2.45) is 0 Å². The third-order valence-corrected chi connectivity index (χ3v) is 2.44. The number of ether oxygens (including phenoxy) is 1. The second-order valence-corrected chi connectivity index (χ2v) is 4.03. The molecule has 1 heterocycles. The van der Waals surface area contributed by atoms with Crippen molar-refractivity contribution in [1.29, 1.82) is 0 Å². The molecule has 7 heteroatoms. The van der Waals surface area contributed by atoms with Crippen LogP contribution in [0.4, 0.5) is 5.82 Å². The zero-order valence-corrected chi connectivity index (χ0v) is 10.6. The molecule has 100 valence electrons. The van der Waals surface area contributed by atoms with Gasteiger partial charge in [-0.25, -0.2) is 9.78 Å². The van der Waals surface area contributed by atoms with Crippen molar-refractivity contribution in [3.05, 3.63) is 22.7 Å². The van der Waals surface area contributed by atoms with Crippen LogP contribution >= 0.6 is 0 Å². The van der Waals surface area contributed by atoms with Crippen LogP contribution in [0.2, 0.25) is 0 Å². The molecule has 0 saturated heterocycles. The summed E-state index contributed by atoms with van der Waals surface area (Å²) >= 11 is 0. The first-order chi connectivity index (χ1) is 8.47. The Hall–Kier alpha value is -1.89. The highest BCUT2D eigenvalue weighted by Crippen LogP contribution is 2.02. The van der Waals surface area contributed by atoms with Gasteiger partial charge in [-0.1, -0.05) is 0 Å². The summed E-state index contributed by atoms with van der Waals surface area (Å²) in [6, 6.07) is 0.0127. The fraction of sp³-hybridized carbons (Fsp3) is 0.545. The molecular weight excluding hydrogens is 238 g/mol. The molecule has 0 radical (unpaired) electrons. The quantitative estimate of drug-likeness (QED) is 0.761. The van der Waals surface area contributed by atoms with Gasteiger partial charge in [-0.3, -0.25) is 4.79 Å². The molecule has 0 aromatic carbocycles. The third kappa shape index (κ3) is 3.30. The number of carboxylic acid groups (broad SMARTS) is 1. The van der Waals surface area contributed by atoms with Crippen LogP contribution in [0.5, 0.6) is 0 Å². The summed E-state index contributed by atoms with van der Waals surface area (Å²) in [5.74, 6) is -0.973. The SMILES string of the molecule is COC(CNc1nccn(C(C)C)c1=O)C(=O)O. The van der Waals surface area contributed by atoms with E-state index in [0.717, 1.165) is 0 Å². The Bertz CT molecular complexity index is 470. The number of methoxy groups -OCH3 is 1. The fourth-order valence-corrected chi connectivity index (χ4v) is 1.41. The van der Waals surface area contributed by atoms with Crippen molar-refractivity contribution in [2.45, 2.75) is 26.0 Å². The highest BCUT2D eigenvalue weighted by Gasteiger charge is 2.17. The summed E-state index contributed by atoms with van der Waals surface area (Å²) < 4.78 is 6.26. The van der Waals surface area contributed by atoms with Gasteiger partial charge >= 0.3 is 5.97 Å². The molecule has 0 bridgehead atoms. The van der Waals surface area contributed by atoms with Gasteiger partial charge in [0.2, 0.25) is 0 Å². The van der Waals surface area contributed by atoms with Gasteiger partial charge in [-0.15, -0.1) is 0 Å². The van der Waals surface area contributed by atoms with E-state index in [-0.39, 0.29) is 24.0 Å². The van der Waals surface area contributed by atoms with Gasteiger partial charge in [0, 0.05) is 25.5 Å². The number of anilines is 1. The molecule has 1 aromatic heterocycles. The Morgan fingerprint density at radius 3 is 2.78 bits per heavy atom. The Balaban J connectivity index is 2.83. The molecule has 0 saturated carbocycles. The molecule has 1 aromatic rings. The van der Waals surface area contributed by atoms with Crippen LogP contribution in [0.25, 0.3) is 0 Å². The molecule has 7 nitrogen and oxygen atoms in total. The van der Waals surface area contributed by atoms with E-state index in [0.29, 0.717) is 0 Å². The van der Waals surface area contributed by atoms with Crippen molar-refractivity contribution in [3.63, 3.8) is 0 Å². The van der Waals surface area contributed by atoms with Gasteiger partial charge in [0.1, 0.15) is 0 Å². The summed E-state index contributed by atoms with van der Waals surface area (Å²) in [7, 11) is 1.30. The van der Waals surface area contributed by atoms with Crippen molar-refractivity contribution in [3.8, 4) is 0 Å². The third-order valence-electron chi connectivity index (χ3n) is 2.44. The van der Waals surface area contributed by atoms with Gasteiger partial charge in [0.25, 0.3) is 5.56 Å². The molecule has 0 spiro atoms. The van der Waals surface area contributed by atoms with Crippen molar-refractivity contribution in [1.82, 2.24) is 9.55 Å². The number of hydrogen-bond donors (Lipinski definition) is 2. The Morgan fingerprint density at radius 1 is 1.61 bits per heavy atom. The predicted molar refractivity (Wildman–Crippen MR) is 65.8 cm³/mol. The summed E-state index contributed by atoms with van der Waals surface area (Å²) in [6.07, 6.45) is 2.06. The summed E-state index contributed by atoms with van der Waals surface area (Å²) in [5.41, 5.74) is -0.284. The van der Waals surface area contributed by atoms with Crippen LogP contribution in [0.15, 0.2) is 17.2 Å². The topological polar surface area (TPSA) is 93.5 Å². The molecule has 1 unspecified atom stereocenters. The number of carbonyl (C=O) groups is 1. The molecular formula is C11H17N3O4. The molecule has 0 amide bonds. The lowest BCUT2D eigenvalue weighted by Crippen LogP contribution is -2.33. The molecule has 0 fully saturated rings. The maximum atomic E-state index is 11.9. The Labute approximate surface area is 104 Å². The van der Waals surface area contributed by atoms with Crippen LogP contribution in [-0.4, -0.2) is 40.4 Å². The lowest BCUT2D eigenvalue weighted by molar-refractivity contribution is -0.147. The number of nitrogens with zero attached hydrogens (tertiary/aromatic N) is 2. The van der Waals surface area contributed by atoms with Gasteiger partial charge in [-0.05, 0) is 13.8 Å². The maximum Gasteiger partial charge on any atom is 0.334 e. The summed E-state index contributed by atoms with van der Waals surface area (Å²) in [5, 5.41) is 11.5. The van der Waals surface area contributed by atoms with E-state index < -0.39 is 12.1 Å². The first kappa shape index (κ1) is 14.2. The first-order valence-corrected chi connectivity index (χ1v) is 5.54. The second kappa shape index (κ2) is 6.15. The van der Waals surface area contributed by atoms with Crippen LogP contribution in [-0.2, 0) is 9.53 Å². The van der Waals surface area contributed by atoms with Crippen LogP contribution in [0.3, 0.4) is 0 Å². The van der Waals surface area contributed by atoms with E-state index in [1.54, 1.807) is 6.20 Å². The number of carboxylic acids is 1. The van der Waals surface area contributed by atoms with Crippen LogP contribution in [0, 0.1) is 0 Å². The smallest absolute Gasteiger partial charge is 0.334 e. The highest BCUT2D eigenvalue weighted by atomic mass is 16.5. The zero-order chi connectivity index (χ0) is 13.7. The molecule has 18 heavy (non-hydrogen) atoms. The van der Waals surface area contributed by atoms with Crippen molar-refractivity contribution >= 4 is 11.8 Å². The maximum absolute atomic E-state index is 11.9. The average molecular weight is 255 g/mol. The van der Waals surface area contributed by atoms with Gasteiger partial charge in [-0.2, -0.15) is 0 Å². The lowest BCUT2D eigenvalue weighted by atomic mass is 10.3. The Kier molecular flexibility index (Phi) is 4.85. The number of nitrogens with one attached hydrogen (secondary N) is 1. The van der Waals surface area contributed by atoms with E-state index in [1.807, 2.05) is 13.8 Å². The molecule has 0 aliphatic heterocycles. The van der Waals surface area contributed by atoms with Crippen molar-refractivity contribution in [2.75, 3.05) is 19.0 Å². The van der Waals surface area contributed by atoms with Crippen LogP contribution in [0.1, 0.15) is 19.9 Å². The average Bonchev–Trinajstić information content (AvgIpc) is 2.31. The largest absolute Gasteiger partial charge is 0.479 e. The van der Waals surface area contributed by atoms with E-state index >= 15 is 0 Å². The summed E-state index contributed by atoms with van der Waals surface area (Å²) in [6.45, 7) is 3.73. The second-order valence-electron chi connectivity index (χ2n) is 4.03. The van der Waals surface area contributed by atoms with Gasteiger partial charge < -0.3 is 19.7 Å². The number of hydrogen-bond acceptors (Lipinski definition) is 5. The molecule has 1 atom stereocenters. The van der Waals surface area contributed by atoms with E-state index in [4.69, 9.17) is 9.84 Å². The minimum Gasteiger partial charge on any atom is -0.479 e. The summed E-state index contributed by atoms with van der Waals surface area (Å²) in [4.78, 5) is 26.6. The van der Waals surface area contributed by atoms with Gasteiger partial charge in [0.15, 0.2) is 11.9 Å². The minimum atomic E-state index is -1.09. The lowest BCUT2D eigenvalue weighted by Gasteiger charge is -2.14. The number of aromatic nitrogens is 2. The first-order valence-electron chi connectivity index (χ1n) is 5.54. The molecule has 0 aliphatic carbocycles. The minimum absolute atomic E-state index is 0.0127. The monoisotopic (exact) mass is 255 g/mol. The number of aliphatic carboxylic acids is 1. The highest BCUT2D eigenvalue weighted by molar-refractivity contribution is 5.73. The predicted octanol–water partition coefficient (Wildman–Crippen LogP) is 0.336. The van der Waals surface area contributed by atoms with E-state index in [1.165, 1.54) is 17.9 Å². The molecule has 1 rings (SSSR count).